The number of hydrogen-bond acceptors (Lipinski definition) is 4. The van der Waals surface area contributed by atoms with Crippen LogP contribution in [0.15, 0.2) is 71.0 Å². The van der Waals surface area contributed by atoms with Gasteiger partial charge in [-0.2, -0.15) is 0 Å². The molecule has 3 nitrogen and oxygen atoms in total. The molecule has 0 atom stereocenters. The van der Waals surface area contributed by atoms with Gasteiger partial charge in [0, 0.05) is 21.9 Å². The molecule has 3 aromatic carbocycles. The smallest absolute Gasteiger partial charge is 0.126 e. The predicted octanol–water partition coefficient (Wildman–Crippen LogP) is 10.7. The minimum atomic E-state index is 0.739. The Kier molecular flexibility index (Phi) is 11.0. The number of hydrogen-bond donors (Lipinski definition) is 0. The van der Waals surface area contributed by atoms with Crippen molar-refractivity contribution in [2.24, 2.45) is 0 Å². The first-order valence-corrected chi connectivity index (χ1v) is 15.3. The topological polar surface area (TPSA) is 21.7 Å². The van der Waals surface area contributed by atoms with Gasteiger partial charge in [0.2, 0.25) is 0 Å². The Bertz CT molecular complexity index is 1270. The fraction of sp³-hybridized carbons (Fsp3) is 0.371. The Hall–Kier alpha value is -3.11. The first-order chi connectivity index (χ1) is 19.2. The molecule has 0 N–H and O–H groups in total. The first kappa shape index (κ1) is 28.9. The molecule has 1 heterocycles. The summed E-state index contributed by atoms with van der Waals surface area (Å²) in [5.41, 5.74) is 5.97. The summed E-state index contributed by atoms with van der Waals surface area (Å²) in [4.78, 5) is 5.09. The van der Waals surface area contributed by atoms with Crippen LogP contribution < -0.4 is 14.4 Å². The zero-order valence-electron chi connectivity index (χ0n) is 23.9. The van der Waals surface area contributed by atoms with E-state index in [-0.39, 0.29) is 0 Å². The van der Waals surface area contributed by atoms with Gasteiger partial charge in [0.15, 0.2) is 0 Å². The van der Waals surface area contributed by atoms with E-state index >= 15 is 0 Å². The molecule has 1 aliphatic rings. The SMILES string of the molecule is C=Cc1ccc2c(c1)Sc1cc(/C=C/c3cc(OC)ccc3OCCCCCC)ccc1N2CCCCCC. The number of unbranched alkanes of at least 4 members (excludes halogenated alkanes) is 6. The third-order valence-electron chi connectivity index (χ3n) is 7.17. The number of benzene rings is 3. The van der Waals surface area contributed by atoms with Gasteiger partial charge in [0.05, 0.1) is 25.1 Å². The summed E-state index contributed by atoms with van der Waals surface area (Å²) in [5.74, 6) is 1.74. The average molecular weight is 542 g/mol. The fourth-order valence-electron chi connectivity index (χ4n) is 4.90. The quantitative estimate of drug-likeness (QED) is 0.141. The van der Waals surface area contributed by atoms with Crippen LogP contribution in [0.2, 0.25) is 0 Å². The number of methoxy groups -OCH3 is 1. The summed E-state index contributed by atoms with van der Waals surface area (Å²) in [5, 5.41) is 0. The maximum absolute atomic E-state index is 6.17. The summed E-state index contributed by atoms with van der Waals surface area (Å²) in [6.07, 6.45) is 16.0. The number of ether oxygens (including phenoxy) is 2. The Balaban J connectivity index is 1.57. The highest BCUT2D eigenvalue weighted by atomic mass is 32.2. The van der Waals surface area contributed by atoms with Crippen LogP contribution in [-0.4, -0.2) is 20.3 Å². The molecule has 206 valence electrons. The van der Waals surface area contributed by atoms with Crippen LogP contribution in [-0.2, 0) is 0 Å². The van der Waals surface area contributed by atoms with Gasteiger partial charge in [0.1, 0.15) is 11.5 Å². The molecule has 0 bridgehead atoms. The minimum absolute atomic E-state index is 0.739. The van der Waals surface area contributed by atoms with Crippen LogP contribution in [0.1, 0.15) is 81.9 Å². The first-order valence-electron chi connectivity index (χ1n) is 14.5. The molecule has 0 unspecified atom stereocenters. The summed E-state index contributed by atoms with van der Waals surface area (Å²) >= 11 is 1.85. The van der Waals surface area contributed by atoms with Crippen LogP contribution in [0.5, 0.6) is 11.5 Å². The van der Waals surface area contributed by atoms with Gasteiger partial charge in [-0.25, -0.2) is 0 Å². The molecule has 0 fully saturated rings. The highest BCUT2D eigenvalue weighted by molar-refractivity contribution is 7.99. The van der Waals surface area contributed by atoms with Crippen LogP contribution >= 0.6 is 11.8 Å². The molecule has 39 heavy (non-hydrogen) atoms. The third kappa shape index (κ3) is 7.73. The minimum Gasteiger partial charge on any atom is -0.497 e. The summed E-state index contributed by atoms with van der Waals surface area (Å²) in [7, 11) is 1.71. The molecule has 1 aliphatic heterocycles. The van der Waals surface area contributed by atoms with Crippen molar-refractivity contribution in [3.05, 3.63) is 77.9 Å². The molecular formula is C35H43NO2S. The summed E-state index contributed by atoms with van der Waals surface area (Å²) in [6, 6.07) is 19.5. The third-order valence-corrected chi connectivity index (χ3v) is 8.26. The van der Waals surface area contributed by atoms with Gasteiger partial charge in [0.25, 0.3) is 0 Å². The maximum Gasteiger partial charge on any atom is 0.126 e. The number of nitrogens with zero attached hydrogens (tertiary/aromatic N) is 1. The van der Waals surface area contributed by atoms with E-state index < -0.39 is 0 Å². The summed E-state index contributed by atoms with van der Waals surface area (Å²) in [6.45, 7) is 10.3. The Morgan fingerprint density at radius 1 is 0.769 bits per heavy atom. The second-order valence-electron chi connectivity index (χ2n) is 10.1. The van der Waals surface area contributed by atoms with Crippen LogP contribution in [0.3, 0.4) is 0 Å². The lowest BCUT2D eigenvalue weighted by molar-refractivity contribution is 0.304. The van der Waals surface area contributed by atoms with E-state index in [1.54, 1.807) is 7.11 Å². The van der Waals surface area contributed by atoms with Gasteiger partial charge in [-0.15, -0.1) is 0 Å². The zero-order valence-corrected chi connectivity index (χ0v) is 24.7. The van der Waals surface area contributed by atoms with Crippen LogP contribution in [0.25, 0.3) is 18.2 Å². The molecule has 3 aromatic rings. The molecule has 4 rings (SSSR count). The van der Waals surface area contributed by atoms with E-state index in [9.17, 15) is 0 Å². The Morgan fingerprint density at radius 3 is 2.15 bits per heavy atom. The van der Waals surface area contributed by atoms with Gasteiger partial charge < -0.3 is 14.4 Å². The lowest BCUT2D eigenvalue weighted by atomic mass is 10.1. The zero-order chi connectivity index (χ0) is 27.5. The Labute approximate surface area is 239 Å². The van der Waals surface area contributed by atoms with Crippen LogP contribution in [0.4, 0.5) is 11.4 Å². The van der Waals surface area contributed by atoms with Gasteiger partial charge in [-0.3, -0.25) is 0 Å². The van der Waals surface area contributed by atoms with E-state index in [1.807, 2.05) is 30.0 Å². The highest BCUT2D eigenvalue weighted by Crippen LogP contribution is 2.49. The molecule has 0 amide bonds. The van der Waals surface area contributed by atoms with Crippen molar-refractivity contribution in [3.63, 3.8) is 0 Å². The lowest BCUT2D eigenvalue weighted by Gasteiger charge is -2.33. The van der Waals surface area contributed by atoms with E-state index in [1.165, 1.54) is 71.7 Å². The van der Waals surface area contributed by atoms with E-state index in [2.05, 4.69) is 79.9 Å². The molecule has 0 spiro atoms. The van der Waals surface area contributed by atoms with Crippen molar-refractivity contribution in [2.75, 3.05) is 25.2 Å². The van der Waals surface area contributed by atoms with Crippen molar-refractivity contribution < 1.29 is 9.47 Å². The Morgan fingerprint density at radius 2 is 1.46 bits per heavy atom. The van der Waals surface area contributed by atoms with Crippen molar-refractivity contribution in [2.45, 2.75) is 75.0 Å². The van der Waals surface area contributed by atoms with Gasteiger partial charge in [-0.05, 0) is 66.4 Å². The average Bonchev–Trinajstić information content (AvgIpc) is 2.97. The van der Waals surface area contributed by atoms with E-state index in [4.69, 9.17) is 9.47 Å². The molecule has 0 saturated heterocycles. The molecule has 4 heteroatoms. The number of fused-ring (bicyclic) bond motifs is 2. The second kappa shape index (κ2) is 14.9. The standard InChI is InChI=1S/C35H43NO2S/c1-5-8-10-12-22-36-31-19-15-27(7-3)24-34(31)39-35-25-28(16-20-32(35)36)14-17-29-26-30(37-4)18-21-33(29)38-23-13-11-9-6-2/h7,14-21,24-26H,3,5-6,8-13,22-23H2,1-2,4H3/b17-14+. The monoisotopic (exact) mass is 541 g/mol. The molecule has 0 aliphatic carbocycles. The largest absolute Gasteiger partial charge is 0.497 e. The maximum atomic E-state index is 6.17. The molecule has 0 saturated carbocycles. The molecule has 0 radical (unpaired) electrons. The highest BCUT2D eigenvalue weighted by Gasteiger charge is 2.23. The van der Waals surface area contributed by atoms with Crippen molar-refractivity contribution in [3.8, 4) is 11.5 Å². The van der Waals surface area contributed by atoms with Gasteiger partial charge >= 0.3 is 0 Å². The van der Waals surface area contributed by atoms with Crippen molar-refractivity contribution in [1.29, 1.82) is 0 Å². The van der Waals surface area contributed by atoms with Crippen molar-refractivity contribution >= 4 is 41.4 Å². The number of anilines is 2. The van der Waals surface area contributed by atoms with Crippen molar-refractivity contribution in [1.82, 2.24) is 0 Å². The summed E-state index contributed by atoms with van der Waals surface area (Å²) < 4.78 is 11.7. The molecular weight excluding hydrogens is 498 g/mol. The normalized spacial score (nSPS) is 12.3. The van der Waals surface area contributed by atoms with E-state index in [0.29, 0.717) is 0 Å². The fourth-order valence-corrected chi connectivity index (χ4v) is 6.09. The van der Waals surface area contributed by atoms with E-state index in [0.717, 1.165) is 42.2 Å². The predicted molar refractivity (Wildman–Crippen MR) is 170 cm³/mol. The number of rotatable bonds is 15. The lowest BCUT2D eigenvalue weighted by Crippen LogP contribution is -2.22. The molecule has 0 aromatic heterocycles. The van der Waals surface area contributed by atoms with Crippen LogP contribution in [0, 0.1) is 0 Å². The second-order valence-corrected chi connectivity index (χ2v) is 11.2. The van der Waals surface area contributed by atoms with Gasteiger partial charge in [-0.1, -0.05) is 101 Å².